The molecule has 88 valence electrons. The first-order valence-electron chi connectivity index (χ1n) is 5.95. The van der Waals surface area contributed by atoms with Gasteiger partial charge in [0, 0.05) is 6.42 Å². The highest BCUT2D eigenvalue weighted by Gasteiger charge is 1.74. The van der Waals surface area contributed by atoms with Crippen LogP contribution in [0.2, 0.25) is 0 Å². The van der Waals surface area contributed by atoms with Gasteiger partial charge in [0.1, 0.15) is 6.29 Å². The van der Waals surface area contributed by atoms with E-state index in [1.165, 1.54) is 0 Å². The van der Waals surface area contributed by atoms with Crippen LogP contribution in [-0.2, 0) is 4.79 Å². The Morgan fingerprint density at radius 1 is 0.625 bits per heavy atom. The highest BCUT2D eigenvalue weighted by molar-refractivity contribution is 5.51. The Morgan fingerprint density at radius 3 is 1.38 bits per heavy atom. The molecule has 0 rings (SSSR count). The molecule has 16 heavy (non-hydrogen) atoms. The first kappa shape index (κ1) is 14.6. The topological polar surface area (TPSA) is 17.1 Å². The second-order valence-electron chi connectivity index (χ2n) is 3.40. The fraction of sp³-hybridized carbons (Fsp3) is 0.400. The molecular weight excluding hydrogens is 196 g/mol. The third kappa shape index (κ3) is 12.6. The van der Waals surface area contributed by atoms with Gasteiger partial charge in [0.25, 0.3) is 0 Å². The van der Waals surface area contributed by atoms with Gasteiger partial charge >= 0.3 is 0 Å². The van der Waals surface area contributed by atoms with Gasteiger partial charge in [-0.25, -0.2) is 0 Å². The second kappa shape index (κ2) is 13.6. The zero-order chi connectivity index (χ0) is 11.9. The number of hydrogen-bond acceptors (Lipinski definition) is 1. The van der Waals surface area contributed by atoms with Crippen LogP contribution in [0.15, 0.2) is 48.6 Å². The number of allylic oxidation sites excluding steroid dienone is 8. The van der Waals surface area contributed by atoms with Crippen molar-refractivity contribution >= 4 is 6.29 Å². The van der Waals surface area contributed by atoms with E-state index >= 15 is 0 Å². The molecule has 0 unspecified atom stereocenters. The predicted octanol–water partition coefficient (Wildman–Crippen LogP) is 4.38. The van der Waals surface area contributed by atoms with E-state index in [1.807, 2.05) is 12.2 Å². The van der Waals surface area contributed by atoms with E-state index in [2.05, 4.69) is 43.4 Å². The van der Waals surface area contributed by atoms with Crippen LogP contribution in [0.3, 0.4) is 0 Å². The minimum absolute atomic E-state index is 0.525. The van der Waals surface area contributed by atoms with Crippen molar-refractivity contribution in [3.63, 3.8) is 0 Å². The van der Waals surface area contributed by atoms with Crippen LogP contribution in [-0.4, -0.2) is 6.29 Å². The number of hydrogen-bond donors (Lipinski definition) is 0. The summed E-state index contributed by atoms with van der Waals surface area (Å²) < 4.78 is 0. The van der Waals surface area contributed by atoms with Gasteiger partial charge in [0.15, 0.2) is 0 Å². The van der Waals surface area contributed by atoms with Gasteiger partial charge < -0.3 is 4.79 Å². The average molecular weight is 218 g/mol. The molecule has 0 fully saturated rings. The summed E-state index contributed by atoms with van der Waals surface area (Å²) in [5.41, 5.74) is 0. The molecule has 0 atom stereocenters. The summed E-state index contributed by atoms with van der Waals surface area (Å²) in [7, 11) is 0. The standard InChI is InChI=1S/C15H22O/c1-2-3-4-5-6-7-8-9-10-11-12-13-14-15-16/h3-4,6-7,9-10,12-13,15H,2,5,8,11,14H2,1H3/b4-3-,7-6-,10-9-,13-12-. The van der Waals surface area contributed by atoms with Crippen LogP contribution in [0.5, 0.6) is 0 Å². The molecule has 0 spiro atoms. The maximum atomic E-state index is 10.0. The van der Waals surface area contributed by atoms with Gasteiger partial charge in [-0.15, -0.1) is 0 Å². The Morgan fingerprint density at radius 2 is 1.00 bits per heavy atom. The van der Waals surface area contributed by atoms with Crippen LogP contribution >= 0.6 is 0 Å². The number of carbonyl (C=O) groups excluding carboxylic acids is 1. The van der Waals surface area contributed by atoms with Crippen molar-refractivity contribution < 1.29 is 4.79 Å². The maximum Gasteiger partial charge on any atom is 0.123 e. The Hall–Kier alpha value is -1.37. The molecule has 0 heterocycles. The fourth-order valence-corrected chi connectivity index (χ4v) is 1.13. The van der Waals surface area contributed by atoms with Gasteiger partial charge in [-0.05, 0) is 25.7 Å². The molecule has 1 nitrogen and oxygen atoms in total. The Labute approximate surface area is 99.3 Å². The molecule has 0 saturated heterocycles. The molecule has 0 radical (unpaired) electrons. The lowest BCUT2D eigenvalue weighted by Crippen LogP contribution is -1.66. The Balaban J connectivity index is 3.39. The van der Waals surface area contributed by atoms with Crippen molar-refractivity contribution in [2.45, 2.75) is 39.0 Å². The van der Waals surface area contributed by atoms with E-state index in [9.17, 15) is 4.79 Å². The number of aldehydes is 1. The smallest absolute Gasteiger partial charge is 0.123 e. The van der Waals surface area contributed by atoms with Gasteiger partial charge in [-0.2, -0.15) is 0 Å². The van der Waals surface area contributed by atoms with E-state index in [0.717, 1.165) is 32.0 Å². The molecule has 0 aromatic heterocycles. The summed E-state index contributed by atoms with van der Waals surface area (Å²) in [4.78, 5) is 10.0. The van der Waals surface area contributed by atoms with Crippen molar-refractivity contribution in [3.05, 3.63) is 48.6 Å². The van der Waals surface area contributed by atoms with Crippen LogP contribution in [0, 0.1) is 0 Å². The highest BCUT2D eigenvalue weighted by atomic mass is 16.1. The van der Waals surface area contributed by atoms with Crippen LogP contribution in [0.4, 0.5) is 0 Å². The van der Waals surface area contributed by atoms with Gasteiger partial charge in [0.2, 0.25) is 0 Å². The molecule has 1 heteroatoms. The third-order valence-corrected chi connectivity index (χ3v) is 1.95. The lowest BCUT2D eigenvalue weighted by molar-refractivity contribution is -0.107. The van der Waals surface area contributed by atoms with Crippen LogP contribution < -0.4 is 0 Å². The number of rotatable bonds is 9. The van der Waals surface area contributed by atoms with Crippen molar-refractivity contribution in [1.82, 2.24) is 0 Å². The van der Waals surface area contributed by atoms with E-state index in [-0.39, 0.29) is 0 Å². The number of carbonyl (C=O) groups is 1. The minimum atomic E-state index is 0.525. The van der Waals surface area contributed by atoms with Crippen molar-refractivity contribution in [3.8, 4) is 0 Å². The van der Waals surface area contributed by atoms with E-state index in [1.54, 1.807) is 0 Å². The normalized spacial score (nSPS) is 12.6. The monoisotopic (exact) mass is 218 g/mol. The highest BCUT2D eigenvalue weighted by Crippen LogP contribution is 1.94. The first-order chi connectivity index (χ1) is 7.91. The largest absolute Gasteiger partial charge is 0.303 e. The third-order valence-electron chi connectivity index (χ3n) is 1.95. The van der Waals surface area contributed by atoms with Crippen molar-refractivity contribution in [2.75, 3.05) is 0 Å². The zero-order valence-corrected chi connectivity index (χ0v) is 10.1. The maximum absolute atomic E-state index is 10.0. The Bertz CT molecular complexity index is 257. The molecule has 0 saturated carbocycles. The summed E-state index contributed by atoms with van der Waals surface area (Å²) in [6.07, 6.45) is 22.4. The van der Waals surface area contributed by atoms with E-state index in [4.69, 9.17) is 0 Å². The molecule has 0 aliphatic carbocycles. The van der Waals surface area contributed by atoms with Crippen LogP contribution in [0.25, 0.3) is 0 Å². The molecule has 0 aromatic carbocycles. The molecule has 0 aliphatic heterocycles. The zero-order valence-electron chi connectivity index (χ0n) is 10.1. The van der Waals surface area contributed by atoms with Gasteiger partial charge in [-0.1, -0.05) is 55.5 Å². The molecule has 0 aromatic rings. The Kier molecular flexibility index (Phi) is 12.5. The van der Waals surface area contributed by atoms with E-state index < -0.39 is 0 Å². The van der Waals surface area contributed by atoms with Crippen LogP contribution in [0.1, 0.15) is 39.0 Å². The second-order valence-corrected chi connectivity index (χ2v) is 3.40. The lowest BCUT2D eigenvalue weighted by Gasteiger charge is -1.84. The summed E-state index contributed by atoms with van der Waals surface area (Å²) in [6, 6.07) is 0. The SMILES string of the molecule is CC/C=C\C/C=C\C/C=C\C/C=C\CC=O. The van der Waals surface area contributed by atoms with E-state index in [0.29, 0.717) is 6.42 Å². The van der Waals surface area contributed by atoms with Crippen molar-refractivity contribution in [1.29, 1.82) is 0 Å². The van der Waals surface area contributed by atoms with Gasteiger partial charge in [0.05, 0.1) is 0 Å². The van der Waals surface area contributed by atoms with Crippen molar-refractivity contribution in [2.24, 2.45) is 0 Å². The summed E-state index contributed by atoms with van der Waals surface area (Å²) in [5, 5.41) is 0. The average Bonchev–Trinajstić information content (AvgIpc) is 2.31. The molecular formula is C15H22O. The predicted molar refractivity (Wildman–Crippen MR) is 71.4 cm³/mol. The lowest BCUT2D eigenvalue weighted by atomic mass is 10.2. The first-order valence-corrected chi connectivity index (χ1v) is 5.95. The molecule has 0 amide bonds. The summed E-state index contributed by atoms with van der Waals surface area (Å²) in [6.45, 7) is 2.14. The molecule has 0 N–H and O–H groups in total. The molecule has 0 aliphatic rings. The quantitative estimate of drug-likeness (QED) is 0.414. The van der Waals surface area contributed by atoms with Gasteiger partial charge in [-0.3, -0.25) is 0 Å². The fourth-order valence-electron chi connectivity index (χ4n) is 1.13. The summed E-state index contributed by atoms with van der Waals surface area (Å²) in [5.74, 6) is 0. The summed E-state index contributed by atoms with van der Waals surface area (Å²) >= 11 is 0. The molecule has 0 bridgehead atoms. The minimum Gasteiger partial charge on any atom is -0.303 e.